The number of benzene rings is 7. The minimum absolute atomic E-state index is 0.331. The Morgan fingerprint density at radius 1 is 0.582 bits per heavy atom. The van der Waals surface area contributed by atoms with Crippen molar-refractivity contribution in [3.63, 3.8) is 0 Å². The number of halogens is 3. The van der Waals surface area contributed by atoms with Crippen LogP contribution in [0.4, 0.5) is 24.7 Å². The average Bonchev–Trinajstić information content (AvgIpc) is 3.73. The van der Waals surface area contributed by atoms with E-state index in [4.69, 9.17) is 0 Å². The smallest absolute Gasteiger partial charge is 0.339 e. The normalized spacial score (nSPS) is 14.5. The number of amidine groups is 1. The van der Waals surface area contributed by atoms with Gasteiger partial charge in [0.15, 0.2) is 5.82 Å². The van der Waals surface area contributed by atoms with Crippen LogP contribution >= 0.6 is 0 Å². The second-order valence-electron chi connectivity index (χ2n) is 14.2. The fraction of sp³-hybridized carbons (Fsp3) is 0.0612. The molecule has 6 heteroatoms. The van der Waals surface area contributed by atoms with Gasteiger partial charge in [-0.25, -0.2) is 9.98 Å². The van der Waals surface area contributed by atoms with Crippen molar-refractivity contribution in [3.05, 3.63) is 209 Å². The van der Waals surface area contributed by atoms with Gasteiger partial charge in [-0.1, -0.05) is 157 Å². The number of hydrogen-bond donors (Lipinski definition) is 1. The molecule has 55 heavy (non-hydrogen) atoms. The van der Waals surface area contributed by atoms with Crippen LogP contribution in [-0.4, -0.2) is 10.8 Å². The Morgan fingerprint density at radius 3 is 1.95 bits per heavy atom. The molecule has 1 aliphatic carbocycles. The molecule has 0 radical (unpaired) electrons. The number of pyridine rings is 1. The van der Waals surface area contributed by atoms with Crippen LogP contribution in [0, 0.1) is 6.92 Å². The van der Waals surface area contributed by atoms with Crippen molar-refractivity contribution in [1.29, 1.82) is 0 Å². The number of aryl methyl sites for hydroxylation is 1. The third kappa shape index (κ3) is 5.05. The van der Waals surface area contributed by atoms with E-state index < -0.39 is 23.0 Å². The van der Waals surface area contributed by atoms with Crippen LogP contribution in [0.5, 0.6) is 0 Å². The fourth-order valence-electron chi connectivity index (χ4n) is 8.72. The number of aromatic nitrogens is 1. The van der Waals surface area contributed by atoms with E-state index in [2.05, 4.69) is 82.0 Å². The van der Waals surface area contributed by atoms with E-state index >= 15 is 13.2 Å². The quantitative estimate of drug-likeness (QED) is 0.192. The monoisotopic (exact) mass is 719 g/mol. The Bertz CT molecular complexity index is 2780. The molecule has 0 saturated heterocycles. The number of nitrogens with one attached hydrogen (secondary N) is 1. The van der Waals surface area contributed by atoms with Crippen molar-refractivity contribution in [2.75, 3.05) is 5.32 Å². The summed E-state index contributed by atoms with van der Waals surface area (Å²) in [6.45, 7) is 2.05. The lowest BCUT2D eigenvalue weighted by molar-refractivity contribution is -0.137. The third-order valence-electron chi connectivity index (χ3n) is 11.1. The number of nitrogens with zero attached hydrogens (tertiary/aromatic N) is 2. The number of rotatable bonds is 5. The predicted molar refractivity (Wildman–Crippen MR) is 216 cm³/mol. The molecule has 1 aliphatic heterocycles. The summed E-state index contributed by atoms with van der Waals surface area (Å²) in [6.07, 6.45) is -3.19. The first-order valence-electron chi connectivity index (χ1n) is 18.2. The van der Waals surface area contributed by atoms with E-state index in [1.54, 1.807) is 0 Å². The van der Waals surface area contributed by atoms with E-state index in [0.29, 0.717) is 17.0 Å². The van der Waals surface area contributed by atoms with Crippen LogP contribution < -0.4 is 5.32 Å². The second kappa shape index (κ2) is 12.4. The van der Waals surface area contributed by atoms with Gasteiger partial charge < -0.3 is 5.32 Å². The van der Waals surface area contributed by atoms with Crippen LogP contribution in [0.25, 0.3) is 44.2 Å². The lowest BCUT2D eigenvalue weighted by Crippen LogP contribution is -2.28. The summed E-state index contributed by atoms with van der Waals surface area (Å²) in [7, 11) is 0. The molecular weight excluding hydrogens is 688 g/mol. The highest BCUT2D eigenvalue weighted by Crippen LogP contribution is 2.58. The first kappa shape index (κ1) is 32.8. The number of aliphatic imine (C=N–C) groups is 1. The maximum Gasteiger partial charge on any atom is 0.420 e. The van der Waals surface area contributed by atoms with Crippen LogP contribution in [0.2, 0.25) is 0 Å². The fourth-order valence-corrected chi connectivity index (χ4v) is 8.72. The minimum atomic E-state index is -4.72. The molecule has 1 aromatic heterocycles. The summed E-state index contributed by atoms with van der Waals surface area (Å²) in [5.74, 6) is -0.0596. The molecule has 0 unspecified atom stereocenters. The van der Waals surface area contributed by atoms with E-state index in [0.717, 1.165) is 66.5 Å². The average molecular weight is 720 g/mol. The number of hydrogen-bond acceptors (Lipinski definition) is 2. The van der Waals surface area contributed by atoms with Crippen molar-refractivity contribution < 1.29 is 13.2 Å². The molecule has 0 atom stereocenters. The van der Waals surface area contributed by atoms with E-state index in [9.17, 15) is 0 Å². The van der Waals surface area contributed by atoms with Crippen molar-refractivity contribution in [1.82, 2.24) is 4.98 Å². The van der Waals surface area contributed by atoms with Gasteiger partial charge in [0.1, 0.15) is 11.4 Å². The van der Waals surface area contributed by atoms with Gasteiger partial charge in [0.05, 0.1) is 5.41 Å². The van der Waals surface area contributed by atoms with Crippen LogP contribution in [0.1, 0.15) is 38.9 Å². The van der Waals surface area contributed by atoms with E-state index in [1.165, 1.54) is 17.8 Å². The Labute approximate surface area is 316 Å². The lowest BCUT2D eigenvalue weighted by Gasteiger charge is -2.34. The Kier molecular flexibility index (Phi) is 7.39. The molecule has 2 aliphatic rings. The van der Waals surface area contributed by atoms with Crippen LogP contribution in [0.3, 0.4) is 0 Å². The predicted octanol–water partition coefficient (Wildman–Crippen LogP) is 12.8. The Morgan fingerprint density at radius 2 is 1.22 bits per heavy atom. The number of fused-ring (bicyclic) bond motifs is 3. The van der Waals surface area contributed by atoms with Crippen LogP contribution in [0.15, 0.2) is 175 Å². The summed E-state index contributed by atoms with van der Waals surface area (Å²) in [6, 6.07) is 54.2. The van der Waals surface area contributed by atoms with Gasteiger partial charge in [0.2, 0.25) is 0 Å². The molecule has 0 spiro atoms. The first-order chi connectivity index (χ1) is 26.8. The van der Waals surface area contributed by atoms with E-state index in [-0.39, 0.29) is 0 Å². The molecule has 10 rings (SSSR count). The molecule has 1 N–H and O–H groups in total. The highest BCUT2D eigenvalue weighted by Gasteiger charge is 2.47. The van der Waals surface area contributed by atoms with E-state index in [1.807, 2.05) is 97.9 Å². The van der Waals surface area contributed by atoms with Gasteiger partial charge in [0, 0.05) is 28.4 Å². The zero-order chi connectivity index (χ0) is 37.3. The molecule has 3 nitrogen and oxygen atoms in total. The van der Waals surface area contributed by atoms with Gasteiger partial charge in [-0.05, 0) is 74.5 Å². The maximum absolute atomic E-state index is 15.1. The molecule has 0 fully saturated rings. The zero-order valence-corrected chi connectivity index (χ0v) is 29.7. The lowest BCUT2D eigenvalue weighted by atomic mass is 9.67. The second-order valence-corrected chi connectivity index (χ2v) is 14.2. The molecule has 0 saturated carbocycles. The van der Waals surface area contributed by atoms with Crippen molar-refractivity contribution in [2.45, 2.75) is 18.5 Å². The van der Waals surface area contributed by atoms with Gasteiger partial charge in [0.25, 0.3) is 0 Å². The zero-order valence-electron chi connectivity index (χ0n) is 29.7. The molecule has 264 valence electrons. The SMILES string of the molecule is Cc1ccc(-c2ccc3c4c(cccc24)/C(=N/c2ncc(-c4cccc5c4-c4ccccc4C5(c4ccccc4)c4ccccc4)cc2C(F)(F)F)N3)cc1. The molecule has 0 amide bonds. The summed E-state index contributed by atoms with van der Waals surface area (Å²) in [4.78, 5) is 9.07. The minimum Gasteiger partial charge on any atom is -0.339 e. The molecular formula is C49H32F3N3. The standard InChI is InChI=1S/C49H32F3N3/c1-30-22-24-31(25-23-30)35-26-27-43-45-37(35)18-10-19-39(45)46(54-43)55-47-42(49(50,51)52)28-32(29-53-47)36-17-11-21-41-44(36)38-16-8-9-20-40(38)48(41,33-12-4-2-5-13-33)34-14-6-3-7-15-34/h2-29H,1H3,(H,53,54,55). The third-order valence-corrected chi connectivity index (χ3v) is 11.1. The molecule has 7 aromatic carbocycles. The number of alkyl halides is 3. The largest absolute Gasteiger partial charge is 0.420 e. The Hall–Kier alpha value is -6.79. The van der Waals surface area contributed by atoms with Crippen molar-refractivity contribution in [3.8, 4) is 33.4 Å². The van der Waals surface area contributed by atoms with Crippen molar-refractivity contribution in [2.24, 2.45) is 4.99 Å². The van der Waals surface area contributed by atoms with Crippen LogP contribution in [-0.2, 0) is 11.6 Å². The summed E-state index contributed by atoms with van der Waals surface area (Å²) >= 11 is 0. The molecule has 0 bridgehead atoms. The molecule has 8 aromatic rings. The van der Waals surface area contributed by atoms with Gasteiger partial charge >= 0.3 is 6.18 Å². The maximum atomic E-state index is 15.1. The van der Waals surface area contributed by atoms with Gasteiger partial charge in [-0.2, -0.15) is 13.2 Å². The highest BCUT2D eigenvalue weighted by molar-refractivity contribution is 6.28. The first-order valence-corrected chi connectivity index (χ1v) is 18.2. The van der Waals surface area contributed by atoms with Gasteiger partial charge in [-0.15, -0.1) is 0 Å². The number of anilines is 1. The van der Waals surface area contributed by atoms with Crippen molar-refractivity contribution >= 4 is 28.1 Å². The Balaban J connectivity index is 1.13. The highest BCUT2D eigenvalue weighted by atomic mass is 19.4. The topological polar surface area (TPSA) is 37.3 Å². The summed E-state index contributed by atoms with van der Waals surface area (Å²) in [5.41, 5.74) is 10.4. The summed E-state index contributed by atoms with van der Waals surface area (Å²) < 4.78 is 45.4. The molecule has 2 heterocycles. The summed E-state index contributed by atoms with van der Waals surface area (Å²) in [5, 5.41) is 5.21. The van der Waals surface area contributed by atoms with Gasteiger partial charge in [-0.3, -0.25) is 0 Å².